The van der Waals surface area contributed by atoms with E-state index in [0.29, 0.717) is 0 Å². The van der Waals surface area contributed by atoms with Gasteiger partial charge in [-0.2, -0.15) is 0 Å². The fourth-order valence-electron chi connectivity index (χ4n) is 0.396. The molecule has 0 atom stereocenters. The summed E-state index contributed by atoms with van der Waals surface area (Å²) in [6.07, 6.45) is -3.45. The third-order valence-electron chi connectivity index (χ3n) is 0.661. The van der Waals surface area contributed by atoms with Crippen molar-refractivity contribution in [2.45, 2.75) is 6.36 Å². The molecule has 0 bridgehead atoms. The van der Waals surface area contributed by atoms with Crippen LogP contribution >= 0.6 is 11.8 Å². The monoisotopic (exact) mass is 170 g/mol. The minimum absolute atomic E-state index is 0.187. The highest BCUT2D eigenvalue weighted by molar-refractivity contribution is 8.04. The van der Waals surface area contributed by atoms with Gasteiger partial charge < -0.3 is 10.1 Å². The van der Waals surface area contributed by atoms with Crippen molar-refractivity contribution < 1.29 is 17.9 Å². The molecule has 1 aliphatic heterocycles. The number of hydrogen-bond donors (Lipinski definition) is 1. The number of nitrogens with one attached hydrogen (secondary N) is 1. The maximum absolute atomic E-state index is 11.4. The van der Waals surface area contributed by atoms with Gasteiger partial charge in [-0.3, -0.25) is 0 Å². The largest absolute Gasteiger partial charge is 0.573 e. The Labute approximate surface area is 59.4 Å². The molecule has 1 heterocycles. The molecule has 1 rings (SSSR count). The average molecular weight is 170 g/mol. The van der Waals surface area contributed by atoms with Crippen LogP contribution in [0.3, 0.4) is 0 Å². The summed E-state index contributed by atoms with van der Waals surface area (Å²) in [6, 6.07) is 0. The summed E-state index contributed by atoms with van der Waals surface area (Å²) in [5.41, 5.74) is 0. The molecule has 0 aliphatic carbocycles. The van der Waals surface area contributed by atoms with Crippen molar-refractivity contribution in [3.8, 4) is 0 Å². The van der Waals surface area contributed by atoms with Crippen LogP contribution in [0, 0.1) is 5.88 Å². The van der Waals surface area contributed by atoms with E-state index in [-0.39, 0.29) is 5.09 Å². The Kier molecular flexibility index (Phi) is 1.98. The predicted octanol–water partition coefficient (Wildman–Crippen LogP) is 1.78. The summed E-state index contributed by atoms with van der Waals surface area (Å²) in [5, 5.41) is 2.26. The molecule has 0 aromatic rings. The summed E-state index contributed by atoms with van der Waals surface area (Å²) in [6.45, 7) is 0. The molecule has 0 aromatic heterocycles. The minimum Gasteiger partial charge on any atom is -0.398 e. The molecule has 6 heteroatoms. The van der Waals surface area contributed by atoms with Crippen molar-refractivity contribution in [1.29, 1.82) is 0 Å². The van der Waals surface area contributed by atoms with E-state index in [9.17, 15) is 13.2 Å². The van der Waals surface area contributed by atoms with E-state index in [4.69, 9.17) is 0 Å². The van der Waals surface area contributed by atoms with Crippen LogP contribution < -0.4 is 5.32 Å². The van der Waals surface area contributed by atoms with Gasteiger partial charge in [0.05, 0.1) is 0 Å². The Morgan fingerprint density at radius 1 is 1.50 bits per heavy atom. The predicted molar refractivity (Wildman–Crippen MR) is 30.2 cm³/mol. The molecule has 57 valence electrons. The fraction of sp³-hybridized carbons (Fsp3) is 0.250. The molecule has 1 radical (unpaired) electrons. The quantitative estimate of drug-likeness (QED) is 0.648. The van der Waals surface area contributed by atoms with Crippen molar-refractivity contribution >= 4 is 11.8 Å². The smallest absolute Gasteiger partial charge is 0.398 e. The Bertz CT molecular complexity index is 155. The summed E-state index contributed by atoms with van der Waals surface area (Å²) < 4.78 is 37.7. The molecule has 0 unspecified atom stereocenters. The molecule has 0 fully saturated rings. The van der Waals surface area contributed by atoms with Crippen molar-refractivity contribution in [2.24, 2.45) is 0 Å². The van der Waals surface area contributed by atoms with Crippen molar-refractivity contribution in [3.63, 3.8) is 0 Å². The second-order valence-electron chi connectivity index (χ2n) is 1.41. The van der Waals surface area contributed by atoms with Crippen LogP contribution in [0.4, 0.5) is 13.2 Å². The Morgan fingerprint density at radius 3 is 2.60 bits per heavy atom. The normalized spacial score (nSPS) is 18.1. The van der Waals surface area contributed by atoms with Gasteiger partial charge in [-0.15, -0.1) is 13.2 Å². The first-order chi connectivity index (χ1) is 4.58. The van der Waals surface area contributed by atoms with Crippen molar-refractivity contribution in [1.82, 2.24) is 5.32 Å². The first-order valence-electron chi connectivity index (χ1n) is 2.28. The molecule has 0 spiro atoms. The van der Waals surface area contributed by atoms with E-state index in [2.05, 4.69) is 10.1 Å². The number of rotatable bonds is 1. The molecule has 0 saturated heterocycles. The van der Waals surface area contributed by atoms with Crippen LogP contribution in [0.1, 0.15) is 0 Å². The number of alkyl halides is 3. The molecule has 10 heavy (non-hydrogen) atoms. The summed E-state index contributed by atoms with van der Waals surface area (Å²) in [7, 11) is 0. The standard InChI is InChI=1S/C4H3F3NOS/c5-4(6,7)9-3-1-8-2-10-3/h1-2,8H. The lowest BCUT2D eigenvalue weighted by molar-refractivity contribution is -0.300. The summed E-state index contributed by atoms with van der Waals surface area (Å²) >= 11 is 0.852. The van der Waals surface area contributed by atoms with Crippen LogP contribution in [0.5, 0.6) is 0 Å². The number of hydrogen-bond acceptors (Lipinski definition) is 3. The Hall–Kier alpha value is -0.520. The molecule has 0 saturated carbocycles. The first-order valence-corrected chi connectivity index (χ1v) is 3.16. The van der Waals surface area contributed by atoms with Crippen LogP contribution in [0.2, 0.25) is 0 Å². The van der Waals surface area contributed by atoms with E-state index in [0.717, 1.165) is 18.0 Å². The summed E-state index contributed by atoms with van der Waals surface area (Å²) in [4.78, 5) is 0. The van der Waals surface area contributed by atoms with E-state index in [1.807, 2.05) is 0 Å². The third kappa shape index (κ3) is 2.38. The zero-order valence-electron chi connectivity index (χ0n) is 4.61. The molecule has 1 aliphatic rings. The average Bonchev–Trinajstić information content (AvgIpc) is 2.12. The van der Waals surface area contributed by atoms with Gasteiger partial charge in [0.1, 0.15) is 5.88 Å². The van der Waals surface area contributed by atoms with Crippen molar-refractivity contribution in [2.75, 3.05) is 0 Å². The lowest BCUT2D eigenvalue weighted by Crippen LogP contribution is -2.10. The highest BCUT2D eigenvalue weighted by atomic mass is 32.2. The zero-order chi connectivity index (χ0) is 7.61. The number of ether oxygens (including phenoxy) is 1. The van der Waals surface area contributed by atoms with E-state index < -0.39 is 6.36 Å². The van der Waals surface area contributed by atoms with E-state index in [1.54, 1.807) is 0 Å². The van der Waals surface area contributed by atoms with Crippen LogP contribution in [-0.4, -0.2) is 6.36 Å². The number of halogens is 3. The van der Waals surface area contributed by atoms with E-state index >= 15 is 0 Å². The SMILES string of the molecule is FC(F)(F)OC1=CN[CH]S1. The lowest BCUT2D eigenvalue weighted by Gasteiger charge is -2.06. The van der Waals surface area contributed by atoms with Crippen LogP contribution in [-0.2, 0) is 4.74 Å². The third-order valence-corrected chi connectivity index (χ3v) is 1.35. The van der Waals surface area contributed by atoms with Crippen molar-refractivity contribution in [3.05, 3.63) is 17.2 Å². The molecule has 0 amide bonds. The van der Waals surface area contributed by atoms with Gasteiger partial charge in [-0.1, -0.05) is 11.8 Å². The molecule has 1 N–H and O–H groups in total. The fourth-order valence-corrected chi connectivity index (χ4v) is 0.927. The highest BCUT2D eigenvalue weighted by Gasteiger charge is 2.33. The molecule has 0 aromatic carbocycles. The zero-order valence-corrected chi connectivity index (χ0v) is 5.42. The molecular weight excluding hydrogens is 167 g/mol. The lowest BCUT2D eigenvalue weighted by atomic mass is 10.9. The topological polar surface area (TPSA) is 21.3 Å². The van der Waals surface area contributed by atoms with Gasteiger partial charge in [0.15, 0.2) is 5.09 Å². The van der Waals surface area contributed by atoms with Gasteiger partial charge in [-0.05, 0) is 0 Å². The molecular formula is C4H3F3NOS. The first kappa shape index (κ1) is 7.59. The van der Waals surface area contributed by atoms with Gasteiger partial charge in [0, 0.05) is 6.20 Å². The highest BCUT2D eigenvalue weighted by Crippen LogP contribution is 2.30. The second kappa shape index (κ2) is 2.61. The number of thioether (sulfide) groups is 1. The second-order valence-corrected chi connectivity index (χ2v) is 2.29. The van der Waals surface area contributed by atoms with Gasteiger partial charge in [-0.25, -0.2) is 0 Å². The molecule has 2 nitrogen and oxygen atoms in total. The minimum atomic E-state index is -4.58. The van der Waals surface area contributed by atoms with Crippen LogP contribution in [0.25, 0.3) is 0 Å². The van der Waals surface area contributed by atoms with Gasteiger partial charge in [0.2, 0.25) is 0 Å². The summed E-state index contributed by atoms with van der Waals surface area (Å²) in [5.74, 6) is 1.39. The maximum Gasteiger partial charge on any atom is 0.573 e. The Morgan fingerprint density at radius 2 is 2.20 bits per heavy atom. The van der Waals surface area contributed by atoms with Gasteiger partial charge in [0.25, 0.3) is 0 Å². The Balaban J connectivity index is 2.38. The van der Waals surface area contributed by atoms with Gasteiger partial charge >= 0.3 is 6.36 Å². The van der Waals surface area contributed by atoms with E-state index in [1.165, 1.54) is 5.88 Å². The van der Waals surface area contributed by atoms with Crippen LogP contribution in [0.15, 0.2) is 11.3 Å². The maximum atomic E-state index is 11.4.